The van der Waals surface area contributed by atoms with Crippen molar-refractivity contribution in [1.29, 1.82) is 0 Å². The summed E-state index contributed by atoms with van der Waals surface area (Å²) in [6.45, 7) is 4.05. The second-order valence-electron chi connectivity index (χ2n) is 6.12. The van der Waals surface area contributed by atoms with Gasteiger partial charge in [0.2, 0.25) is 0 Å². The summed E-state index contributed by atoms with van der Waals surface area (Å²) >= 11 is 0. The van der Waals surface area contributed by atoms with Crippen molar-refractivity contribution in [3.05, 3.63) is 70.4 Å². The lowest BCUT2D eigenvalue weighted by atomic mass is 9.97. The Balaban J connectivity index is 2.25. The molecule has 0 fully saturated rings. The molecule has 25 heavy (non-hydrogen) atoms. The van der Waals surface area contributed by atoms with E-state index in [1.165, 1.54) is 11.1 Å². The number of allylic oxidation sites excluding steroid dienone is 2. The van der Waals surface area contributed by atoms with E-state index in [9.17, 15) is 5.11 Å². The fourth-order valence-corrected chi connectivity index (χ4v) is 2.82. The summed E-state index contributed by atoms with van der Waals surface area (Å²) in [5.74, 6) is 2.99. The van der Waals surface area contributed by atoms with Gasteiger partial charge in [-0.3, -0.25) is 4.90 Å². The molecular formula is C23H23NO. The molecular weight excluding hydrogens is 306 g/mol. The lowest BCUT2D eigenvalue weighted by Gasteiger charge is -2.15. The fourth-order valence-electron chi connectivity index (χ4n) is 2.82. The Labute approximate surface area is 150 Å². The standard InChI is InChI=1S/C23H23NO/c1-6-23(24(5)7-2)18(4)21-10-8-9-19(15-21)12-13-20-16-22(25)14-11-17(20)3/h1-2,8-11,14-16,25H,12-13H2,3-5H3/b23-18+. The first-order chi connectivity index (χ1) is 12.0. The molecule has 2 aromatic carbocycles. The maximum atomic E-state index is 9.67. The number of phenolic OH excluding ortho intramolecular Hbond substituents is 1. The summed E-state index contributed by atoms with van der Waals surface area (Å²) in [5.41, 5.74) is 6.32. The summed E-state index contributed by atoms with van der Waals surface area (Å²) < 4.78 is 0. The van der Waals surface area contributed by atoms with Crippen LogP contribution >= 0.6 is 0 Å². The van der Waals surface area contributed by atoms with Crippen molar-refractivity contribution in [1.82, 2.24) is 4.90 Å². The van der Waals surface area contributed by atoms with Crippen LogP contribution in [0.15, 0.2) is 48.2 Å². The minimum atomic E-state index is 0.309. The van der Waals surface area contributed by atoms with E-state index in [2.05, 4.69) is 31.0 Å². The molecule has 0 amide bonds. The molecule has 0 aliphatic heterocycles. The SMILES string of the molecule is C#C/C(=C(/C)c1cccc(CCc2cc(O)ccc2C)c1)N(C)C#C. The van der Waals surface area contributed by atoms with Crippen LogP contribution in [0.1, 0.15) is 29.2 Å². The number of nitrogens with zero attached hydrogens (tertiary/aromatic N) is 1. The summed E-state index contributed by atoms with van der Waals surface area (Å²) in [5, 5.41) is 9.67. The Kier molecular flexibility index (Phi) is 5.93. The van der Waals surface area contributed by atoms with E-state index in [4.69, 9.17) is 12.8 Å². The van der Waals surface area contributed by atoms with Crippen molar-refractivity contribution in [3.63, 3.8) is 0 Å². The Morgan fingerprint density at radius 1 is 1.12 bits per heavy atom. The van der Waals surface area contributed by atoms with Crippen LogP contribution in [0.3, 0.4) is 0 Å². The van der Waals surface area contributed by atoms with Crippen LogP contribution in [0.5, 0.6) is 5.75 Å². The number of phenols is 1. The van der Waals surface area contributed by atoms with Gasteiger partial charge >= 0.3 is 0 Å². The van der Waals surface area contributed by atoms with Crippen molar-refractivity contribution in [2.75, 3.05) is 7.05 Å². The summed E-state index contributed by atoms with van der Waals surface area (Å²) in [6.07, 6.45) is 12.8. The number of aryl methyl sites for hydroxylation is 3. The van der Waals surface area contributed by atoms with Crippen LogP contribution in [0.2, 0.25) is 0 Å². The van der Waals surface area contributed by atoms with E-state index in [0.29, 0.717) is 11.4 Å². The molecule has 0 aromatic heterocycles. The maximum absolute atomic E-state index is 9.67. The van der Waals surface area contributed by atoms with Gasteiger partial charge in [-0.1, -0.05) is 42.7 Å². The first kappa shape index (κ1) is 18.2. The van der Waals surface area contributed by atoms with Gasteiger partial charge in [0.05, 0.1) is 0 Å². The monoisotopic (exact) mass is 329 g/mol. The number of hydrogen-bond acceptors (Lipinski definition) is 2. The molecule has 2 aromatic rings. The van der Waals surface area contributed by atoms with Crippen molar-refractivity contribution in [3.8, 4) is 30.6 Å². The molecule has 2 rings (SSSR count). The second kappa shape index (κ2) is 8.13. The molecule has 0 radical (unpaired) electrons. The summed E-state index contributed by atoms with van der Waals surface area (Å²) in [4.78, 5) is 1.62. The van der Waals surface area contributed by atoms with Gasteiger partial charge in [-0.05, 0) is 66.6 Å². The first-order valence-corrected chi connectivity index (χ1v) is 8.21. The summed E-state index contributed by atoms with van der Waals surface area (Å²) in [7, 11) is 1.78. The highest BCUT2D eigenvalue weighted by Crippen LogP contribution is 2.22. The minimum absolute atomic E-state index is 0.309. The third kappa shape index (κ3) is 4.46. The number of hydrogen-bond donors (Lipinski definition) is 1. The molecule has 2 nitrogen and oxygen atoms in total. The zero-order valence-electron chi connectivity index (χ0n) is 15.0. The molecule has 0 aliphatic carbocycles. The number of benzene rings is 2. The van der Waals surface area contributed by atoms with Crippen molar-refractivity contribution in [2.24, 2.45) is 0 Å². The molecule has 126 valence electrons. The highest BCUT2D eigenvalue weighted by atomic mass is 16.3. The molecule has 0 unspecified atom stereocenters. The average molecular weight is 329 g/mol. The van der Waals surface area contributed by atoms with Gasteiger partial charge in [0.1, 0.15) is 11.4 Å². The molecule has 1 N–H and O–H groups in total. The van der Waals surface area contributed by atoms with Crippen molar-refractivity contribution in [2.45, 2.75) is 26.7 Å². The number of rotatable bonds is 5. The molecule has 0 heterocycles. The Bertz CT molecular complexity index is 878. The molecule has 0 saturated carbocycles. The minimum Gasteiger partial charge on any atom is -0.508 e. The molecule has 0 atom stereocenters. The van der Waals surface area contributed by atoms with E-state index in [1.807, 2.05) is 31.2 Å². The fraction of sp³-hybridized carbons (Fsp3) is 0.217. The average Bonchev–Trinajstić information content (AvgIpc) is 2.63. The van der Waals surface area contributed by atoms with Gasteiger partial charge in [-0.15, -0.1) is 6.42 Å². The zero-order chi connectivity index (χ0) is 18.4. The Morgan fingerprint density at radius 3 is 2.56 bits per heavy atom. The van der Waals surface area contributed by atoms with Gasteiger partial charge in [-0.25, -0.2) is 0 Å². The van der Waals surface area contributed by atoms with Crippen molar-refractivity contribution >= 4 is 5.57 Å². The second-order valence-corrected chi connectivity index (χ2v) is 6.12. The quantitative estimate of drug-likeness (QED) is 0.650. The highest BCUT2D eigenvalue weighted by Gasteiger charge is 2.08. The molecule has 0 bridgehead atoms. The molecule has 0 spiro atoms. The van der Waals surface area contributed by atoms with Crippen molar-refractivity contribution < 1.29 is 5.11 Å². The number of terminal acetylenes is 2. The Morgan fingerprint density at radius 2 is 1.88 bits per heavy atom. The van der Waals surface area contributed by atoms with Crippen LogP contribution in [-0.4, -0.2) is 17.1 Å². The smallest absolute Gasteiger partial charge is 0.115 e. The zero-order valence-corrected chi connectivity index (χ0v) is 15.0. The normalized spacial score (nSPS) is 11.2. The van der Waals surface area contributed by atoms with Gasteiger partial charge < -0.3 is 5.11 Å². The van der Waals surface area contributed by atoms with E-state index < -0.39 is 0 Å². The van der Waals surface area contributed by atoms with Crippen LogP contribution in [0.25, 0.3) is 5.57 Å². The third-order valence-corrected chi connectivity index (χ3v) is 4.40. The largest absolute Gasteiger partial charge is 0.508 e. The van der Waals surface area contributed by atoms with Crippen LogP contribution in [-0.2, 0) is 12.8 Å². The van der Waals surface area contributed by atoms with Crippen LogP contribution < -0.4 is 0 Å². The lowest BCUT2D eigenvalue weighted by molar-refractivity contribution is 0.474. The number of aromatic hydroxyl groups is 1. The van der Waals surface area contributed by atoms with Gasteiger partial charge in [0.25, 0.3) is 0 Å². The van der Waals surface area contributed by atoms with Gasteiger partial charge in [-0.2, -0.15) is 0 Å². The predicted octanol–water partition coefficient (Wildman–Crippen LogP) is 4.37. The van der Waals surface area contributed by atoms with Gasteiger partial charge in [0.15, 0.2) is 0 Å². The van der Waals surface area contributed by atoms with E-state index >= 15 is 0 Å². The predicted molar refractivity (Wildman–Crippen MR) is 105 cm³/mol. The van der Waals surface area contributed by atoms with Gasteiger partial charge in [0, 0.05) is 13.1 Å². The summed E-state index contributed by atoms with van der Waals surface area (Å²) in [6, 6.07) is 16.4. The molecule has 0 aliphatic rings. The molecule has 2 heteroatoms. The topological polar surface area (TPSA) is 23.5 Å². The maximum Gasteiger partial charge on any atom is 0.115 e. The lowest BCUT2D eigenvalue weighted by Crippen LogP contribution is -2.10. The van der Waals surface area contributed by atoms with E-state index in [1.54, 1.807) is 18.0 Å². The highest BCUT2D eigenvalue weighted by molar-refractivity contribution is 5.70. The third-order valence-electron chi connectivity index (χ3n) is 4.40. The van der Waals surface area contributed by atoms with Crippen LogP contribution in [0.4, 0.5) is 0 Å². The van der Waals surface area contributed by atoms with E-state index in [0.717, 1.165) is 29.5 Å². The first-order valence-electron chi connectivity index (χ1n) is 8.21. The van der Waals surface area contributed by atoms with E-state index in [-0.39, 0.29) is 0 Å². The van der Waals surface area contributed by atoms with Crippen LogP contribution in [0, 0.1) is 31.7 Å². The molecule has 0 saturated heterocycles. The Hall–Kier alpha value is -3.10.